The molecule has 0 radical (unpaired) electrons. The molecule has 6 rings (SSSR count). The number of hydrogen-bond acceptors (Lipinski definition) is 2. The maximum absolute atomic E-state index is 8.23. The maximum Gasteiger partial charge on any atom is 0.216 e. The number of hydrogen-bond donors (Lipinski definition) is 0. The summed E-state index contributed by atoms with van der Waals surface area (Å²) >= 11 is 0. The van der Waals surface area contributed by atoms with Crippen molar-refractivity contribution in [1.82, 2.24) is 0 Å². The van der Waals surface area contributed by atoms with Gasteiger partial charge in [-0.15, -0.1) is 0 Å². The van der Waals surface area contributed by atoms with Gasteiger partial charge in [-0.25, -0.2) is 4.57 Å². The smallest absolute Gasteiger partial charge is 0.216 e. The van der Waals surface area contributed by atoms with Crippen LogP contribution < -0.4 is 4.57 Å². The Morgan fingerprint density at radius 1 is 0.800 bits per heavy atom. The summed E-state index contributed by atoms with van der Waals surface area (Å²) in [5.41, 5.74) is 4.99. The standard InChI is InChI=1S/C27H22NO2/c1-15-9-10-21(28(4)14-15)26-17(3)11-16(2)25-20-13-23-19(12-24(20)30-27(25)26)18-7-5-6-8-22(18)29-23/h5-14H,1-4H3/q+1/i1D3,2D3. The minimum atomic E-state index is -2.37. The van der Waals surface area contributed by atoms with Crippen molar-refractivity contribution in [2.45, 2.75) is 20.6 Å². The summed E-state index contributed by atoms with van der Waals surface area (Å²) < 4.78 is 62.1. The van der Waals surface area contributed by atoms with Crippen molar-refractivity contribution >= 4 is 43.9 Å². The summed E-state index contributed by atoms with van der Waals surface area (Å²) in [5.74, 6) is 0. The molecule has 0 aliphatic rings. The van der Waals surface area contributed by atoms with Crippen LogP contribution in [0.4, 0.5) is 0 Å². The largest absolute Gasteiger partial charge is 0.456 e. The van der Waals surface area contributed by atoms with Crippen LogP contribution in [0.5, 0.6) is 0 Å². The van der Waals surface area contributed by atoms with Gasteiger partial charge in [-0.2, -0.15) is 0 Å². The van der Waals surface area contributed by atoms with Crippen molar-refractivity contribution in [2.75, 3.05) is 0 Å². The van der Waals surface area contributed by atoms with E-state index in [-0.39, 0.29) is 11.1 Å². The van der Waals surface area contributed by atoms with Gasteiger partial charge in [0.25, 0.3) is 0 Å². The summed E-state index contributed by atoms with van der Waals surface area (Å²) in [4.78, 5) is 0. The van der Waals surface area contributed by atoms with Gasteiger partial charge in [0.05, 0.1) is 5.56 Å². The molecular weight excluding hydrogens is 370 g/mol. The molecular formula is C27H22NO2+. The van der Waals surface area contributed by atoms with Crippen molar-refractivity contribution in [3.05, 3.63) is 77.5 Å². The normalized spacial score (nSPS) is 15.8. The molecule has 0 N–H and O–H groups in total. The lowest BCUT2D eigenvalue weighted by atomic mass is 9.96. The number of para-hydroxylation sites is 1. The molecule has 0 aliphatic carbocycles. The second kappa shape index (κ2) is 5.96. The Labute approximate surface area is 182 Å². The number of nitrogens with zero attached hydrogens (tertiary/aromatic N) is 1. The van der Waals surface area contributed by atoms with Crippen molar-refractivity contribution in [3.63, 3.8) is 0 Å². The van der Waals surface area contributed by atoms with Crippen LogP contribution in [0, 0.1) is 20.6 Å². The molecule has 3 aromatic carbocycles. The van der Waals surface area contributed by atoms with Crippen molar-refractivity contribution < 1.29 is 21.6 Å². The second-order valence-electron chi connectivity index (χ2n) is 7.78. The molecule has 0 unspecified atom stereocenters. The van der Waals surface area contributed by atoms with Gasteiger partial charge in [-0.1, -0.05) is 24.3 Å². The number of pyridine rings is 1. The molecule has 3 heteroatoms. The van der Waals surface area contributed by atoms with Gasteiger partial charge in [0.15, 0.2) is 6.20 Å². The zero-order valence-electron chi connectivity index (χ0n) is 22.5. The van der Waals surface area contributed by atoms with E-state index in [1.165, 1.54) is 0 Å². The molecule has 0 fully saturated rings. The number of furan rings is 2. The van der Waals surface area contributed by atoms with Crippen LogP contribution in [0.1, 0.15) is 24.9 Å². The Morgan fingerprint density at radius 3 is 2.47 bits per heavy atom. The summed E-state index contributed by atoms with van der Waals surface area (Å²) in [6.45, 7) is -2.76. The van der Waals surface area contributed by atoms with Gasteiger partial charge in [-0.05, 0) is 56.0 Å². The second-order valence-corrected chi connectivity index (χ2v) is 7.78. The molecule has 0 spiro atoms. The first-order valence-corrected chi connectivity index (χ1v) is 9.75. The maximum atomic E-state index is 8.23. The number of benzene rings is 3. The lowest BCUT2D eigenvalue weighted by molar-refractivity contribution is -0.660. The summed E-state index contributed by atoms with van der Waals surface area (Å²) in [7, 11) is 1.77. The molecule has 0 aliphatic heterocycles. The fourth-order valence-corrected chi connectivity index (χ4v) is 4.48. The van der Waals surface area contributed by atoms with E-state index in [1.54, 1.807) is 36.0 Å². The lowest BCUT2D eigenvalue weighted by Gasteiger charge is -2.08. The van der Waals surface area contributed by atoms with Crippen LogP contribution in [-0.4, -0.2) is 0 Å². The highest BCUT2D eigenvalue weighted by Crippen LogP contribution is 2.41. The quantitative estimate of drug-likeness (QED) is 0.282. The minimum absolute atomic E-state index is 0.203. The SMILES string of the molecule is [2H]C([2H])([2H])c1ccc(-c2c(C)cc(C([2H])([2H])[2H])c3c2oc2cc4c(cc23)oc2ccccc24)[n+](C)c1. The molecule has 0 saturated heterocycles. The first kappa shape index (κ1) is 12.2. The van der Waals surface area contributed by atoms with Crippen LogP contribution in [0.2, 0.25) is 0 Å². The van der Waals surface area contributed by atoms with Crippen LogP contribution in [-0.2, 0) is 7.05 Å². The fraction of sp³-hybridized carbons (Fsp3) is 0.148. The van der Waals surface area contributed by atoms with Gasteiger partial charge in [0.1, 0.15) is 29.4 Å². The number of rotatable bonds is 1. The highest BCUT2D eigenvalue weighted by molar-refractivity contribution is 6.17. The van der Waals surface area contributed by atoms with Crippen molar-refractivity contribution in [1.29, 1.82) is 0 Å². The van der Waals surface area contributed by atoms with Gasteiger partial charge in [-0.3, -0.25) is 0 Å². The monoisotopic (exact) mass is 398 g/mol. The Balaban J connectivity index is 1.73. The number of aromatic nitrogens is 1. The van der Waals surface area contributed by atoms with E-state index in [4.69, 9.17) is 17.1 Å². The third-order valence-electron chi connectivity index (χ3n) is 5.83. The Kier molecular flexibility index (Phi) is 2.42. The van der Waals surface area contributed by atoms with Gasteiger partial charge >= 0.3 is 0 Å². The minimum Gasteiger partial charge on any atom is -0.456 e. The van der Waals surface area contributed by atoms with E-state index in [0.29, 0.717) is 27.5 Å². The van der Waals surface area contributed by atoms with Crippen molar-refractivity contribution in [2.24, 2.45) is 7.05 Å². The van der Waals surface area contributed by atoms with Crippen LogP contribution >= 0.6 is 0 Å². The molecule has 3 heterocycles. The van der Waals surface area contributed by atoms with Crippen molar-refractivity contribution in [3.8, 4) is 11.3 Å². The Morgan fingerprint density at radius 2 is 1.63 bits per heavy atom. The average molecular weight is 399 g/mol. The Hall–Kier alpha value is -3.59. The average Bonchev–Trinajstić information content (AvgIpc) is 3.33. The van der Waals surface area contributed by atoms with Gasteiger partial charge in [0.2, 0.25) is 5.69 Å². The van der Waals surface area contributed by atoms with E-state index in [2.05, 4.69) is 0 Å². The molecule has 6 aromatic rings. The number of aryl methyl sites for hydroxylation is 4. The first-order chi connectivity index (χ1) is 16.9. The summed E-state index contributed by atoms with van der Waals surface area (Å²) in [6, 6.07) is 16.5. The molecule has 3 nitrogen and oxygen atoms in total. The van der Waals surface area contributed by atoms with E-state index >= 15 is 0 Å². The van der Waals surface area contributed by atoms with Crippen LogP contribution in [0.25, 0.3) is 55.1 Å². The third-order valence-corrected chi connectivity index (χ3v) is 5.83. The molecule has 0 saturated carbocycles. The van der Waals surface area contributed by atoms with Crippen LogP contribution in [0.3, 0.4) is 0 Å². The molecule has 0 atom stereocenters. The predicted molar refractivity (Wildman–Crippen MR) is 122 cm³/mol. The first-order valence-electron chi connectivity index (χ1n) is 12.8. The third kappa shape index (κ3) is 2.29. The molecule has 0 bridgehead atoms. The van der Waals surface area contributed by atoms with Gasteiger partial charge < -0.3 is 8.83 Å². The zero-order chi connectivity index (χ0) is 25.6. The molecule has 0 amide bonds. The Bertz CT molecular complexity index is 1840. The van der Waals surface area contributed by atoms with E-state index in [9.17, 15) is 0 Å². The molecule has 146 valence electrons. The van der Waals surface area contributed by atoms with E-state index < -0.39 is 13.7 Å². The number of fused-ring (bicyclic) bond motifs is 6. The summed E-state index contributed by atoms with van der Waals surface area (Å²) in [6.07, 6.45) is 1.58. The van der Waals surface area contributed by atoms with Crippen LogP contribution in [0.15, 0.2) is 69.6 Å². The summed E-state index contributed by atoms with van der Waals surface area (Å²) in [5, 5.41) is 3.01. The molecule has 30 heavy (non-hydrogen) atoms. The van der Waals surface area contributed by atoms with Gasteiger partial charge in [0, 0.05) is 41.4 Å². The predicted octanol–water partition coefficient (Wildman–Crippen LogP) is 6.90. The van der Waals surface area contributed by atoms with E-state index in [0.717, 1.165) is 33.2 Å². The lowest BCUT2D eigenvalue weighted by Crippen LogP contribution is -2.31. The molecule has 3 aromatic heterocycles. The highest BCUT2D eigenvalue weighted by atomic mass is 16.3. The fourth-order valence-electron chi connectivity index (χ4n) is 4.48. The highest BCUT2D eigenvalue weighted by Gasteiger charge is 2.23. The topological polar surface area (TPSA) is 30.2 Å². The zero-order valence-corrected chi connectivity index (χ0v) is 16.5. The van der Waals surface area contributed by atoms with E-state index in [1.807, 2.05) is 43.3 Å².